The number of hydrogen-bond acceptors (Lipinski definition) is 5. The number of aromatic nitrogens is 2. The molecule has 0 unspecified atom stereocenters. The minimum Gasteiger partial charge on any atom is -0.497 e. The first-order valence-electron chi connectivity index (χ1n) is 10.3. The van der Waals surface area contributed by atoms with Gasteiger partial charge in [0.15, 0.2) is 0 Å². The van der Waals surface area contributed by atoms with E-state index in [1.807, 2.05) is 37.3 Å². The smallest absolute Gasteiger partial charge is 0.263 e. The van der Waals surface area contributed by atoms with Gasteiger partial charge in [0.05, 0.1) is 38.1 Å². The van der Waals surface area contributed by atoms with Crippen LogP contribution < -0.4 is 15.0 Å². The molecule has 2 N–H and O–H groups in total. The molecule has 0 radical (unpaired) electrons. The number of rotatable bonds is 7. The van der Waals surface area contributed by atoms with Gasteiger partial charge in [-0.2, -0.15) is 0 Å². The maximum Gasteiger partial charge on any atom is 0.263 e. The number of benzene rings is 1. The number of hydrogen-bond donors (Lipinski definition) is 2. The lowest BCUT2D eigenvalue weighted by molar-refractivity contribution is -0.918. The molecule has 1 saturated heterocycles. The van der Waals surface area contributed by atoms with Crippen molar-refractivity contribution in [1.29, 1.82) is 0 Å². The largest absolute Gasteiger partial charge is 0.497 e. The van der Waals surface area contributed by atoms with Crippen LogP contribution in [-0.4, -0.2) is 42.6 Å². The van der Waals surface area contributed by atoms with Crippen LogP contribution in [0.1, 0.15) is 39.8 Å². The number of amides is 1. The van der Waals surface area contributed by atoms with Crippen LogP contribution in [-0.2, 0) is 0 Å². The lowest BCUT2D eigenvalue weighted by Gasteiger charge is -2.25. The van der Waals surface area contributed by atoms with Gasteiger partial charge in [-0.3, -0.25) is 9.78 Å². The van der Waals surface area contributed by atoms with Crippen LogP contribution in [0, 0.1) is 6.92 Å². The summed E-state index contributed by atoms with van der Waals surface area (Å²) in [5.74, 6) is 0.782. The summed E-state index contributed by atoms with van der Waals surface area (Å²) in [7, 11) is 1.68. The maximum atomic E-state index is 13.0. The monoisotopic (exact) mass is 423 g/mol. The Morgan fingerprint density at radius 3 is 2.63 bits per heavy atom. The molecule has 7 heteroatoms. The molecule has 3 heterocycles. The molecule has 1 amide bonds. The first kappa shape index (κ1) is 20.5. The fraction of sp³-hybridized carbons (Fsp3) is 0.348. The van der Waals surface area contributed by atoms with Crippen molar-refractivity contribution in [3.63, 3.8) is 0 Å². The van der Waals surface area contributed by atoms with Crippen molar-refractivity contribution in [2.75, 3.05) is 26.7 Å². The third-order valence-corrected chi connectivity index (χ3v) is 6.79. The van der Waals surface area contributed by atoms with Crippen LogP contribution in [0.5, 0.6) is 5.75 Å². The molecule has 0 aliphatic carbocycles. The van der Waals surface area contributed by atoms with Gasteiger partial charge in [0.1, 0.15) is 21.7 Å². The molecular formula is C23H27N4O2S+. The van der Waals surface area contributed by atoms with Crippen molar-refractivity contribution >= 4 is 17.2 Å². The van der Waals surface area contributed by atoms with E-state index in [9.17, 15) is 4.79 Å². The molecule has 1 aromatic carbocycles. The Labute approximate surface area is 180 Å². The van der Waals surface area contributed by atoms with E-state index in [0.29, 0.717) is 11.4 Å². The first-order chi connectivity index (χ1) is 14.7. The van der Waals surface area contributed by atoms with Crippen LogP contribution in [0.3, 0.4) is 0 Å². The zero-order valence-electron chi connectivity index (χ0n) is 17.4. The molecule has 0 bridgehead atoms. The van der Waals surface area contributed by atoms with Crippen molar-refractivity contribution in [2.24, 2.45) is 0 Å². The zero-order valence-corrected chi connectivity index (χ0v) is 18.2. The number of quaternary nitrogens is 1. The quantitative estimate of drug-likeness (QED) is 0.613. The molecule has 1 fully saturated rings. The fourth-order valence-corrected chi connectivity index (χ4v) is 4.95. The predicted octanol–water partition coefficient (Wildman–Crippen LogP) is 2.67. The molecule has 3 aromatic rings. The average Bonchev–Trinajstić information content (AvgIpc) is 3.45. The van der Waals surface area contributed by atoms with Gasteiger partial charge in [0.2, 0.25) is 0 Å². The van der Waals surface area contributed by atoms with E-state index < -0.39 is 0 Å². The summed E-state index contributed by atoms with van der Waals surface area (Å²) in [4.78, 5) is 24.1. The average molecular weight is 424 g/mol. The summed E-state index contributed by atoms with van der Waals surface area (Å²) in [6.45, 7) is 4.74. The topological polar surface area (TPSA) is 68.5 Å². The number of carbonyl (C=O) groups excluding carboxylic acids is 1. The second-order valence-electron chi connectivity index (χ2n) is 7.55. The highest BCUT2D eigenvalue weighted by atomic mass is 32.1. The van der Waals surface area contributed by atoms with Crippen LogP contribution in [0.4, 0.5) is 0 Å². The molecule has 1 aliphatic heterocycles. The van der Waals surface area contributed by atoms with Crippen LogP contribution in [0.25, 0.3) is 10.7 Å². The molecule has 1 atom stereocenters. The summed E-state index contributed by atoms with van der Waals surface area (Å²) < 4.78 is 5.30. The van der Waals surface area contributed by atoms with Crippen molar-refractivity contribution in [2.45, 2.75) is 25.8 Å². The van der Waals surface area contributed by atoms with Crippen molar-refractivity contribution < 1.29 is 14.4 Å². The van der Waals surface area contributed by atoms with Gasteiger partial charge >= 0.3 is 0 Å². The Balaban J connectivity index is 1.49. The van der Waals surface area contributed by atoms with Crippen LogP contribution >= 0.6 is 11.3 Å². The summed E-state index contributed by atoms with van der Waals surface area (Å²) >= 11 is 1.40. The maximum absolute atomic E-state index is 13.0. The number of nitrogens with one attached hydrogen (secondary N) is 2. The van der Waals surface area contributed by atoms with E-state index in [0.717, 1.165) is 35.2 Å². The Kier molecular flexibility index (Phi) is 6.40. The number of aryl methyl sites for hydroxylation is 1. The Morgan fingerprint density at radius 1 is 1.20 bits per heavy atom. The van der Waals surface area contributed by atoms with Gasteiger partial charge in [0, 0.05) is 24.6 Å². The van der Waals surface area contributed by atoms with Crippen molar-refractivity contribution in [3.05, 3.63) is 64.8 Å². The highest BCUT2D eigenvalue weighted by Crippen LogP contribution is 2.26. The normalized spacial score (nSPS) is 15.1. The number of methoxy groups -OCH3 is 1. The summed E-state index contributed by atoms with van der Waals surface area (Å²) in [6, 6.07) is 14.1. The second kappa shape index (κ2) is 9.36. The van der Waals surface area contributed by atoms with Gasteiger partial charge < -0.3 is 15.0 Å². The molecule has 2 aromatic heterocycles. The van der Waals surface area contributed by atoms with E-state index >= 15 is 0 Å². The van der Waals surface area contributed by atoms with Gasteiger partial charge in [-0.25, -0.2) is 4.98 Å². The number of thiazole rings is 1. The van der Waals surface area contributed by atoms with E-state index in [1.54, 1.807) is 13.3 Å². The molecule has 30 heavy (non-hydrogen) atoms. The third kappa shape index (κ3) is 4.52. The Morgan fingerprint density at radius 2 is 1.97 bits per heavy atom. The van der Waals surface area contributed by atoms with Gasteiger partial charge in [-0.1, -0.05) is 6.07 Å². The minimum absolute atomic E-state index is 0.0655. The van der Waals surface area contributed by atoms with Gasteiger partial charge in [-0.15, -0.1) is 11.3 Å². The van der Waals surface area contributed by atoms with E-state index in [2.05, 4.69) is 27.4 Å². The molecule has 1 aliphatic rings. The number of pyridine rings is 1. The first-order valence-corrected chi connectivity index (χ1v) is 11.1. The summed E-state index contributed by atoms with van der Waals surface area (Å²) in [5, 5.41) is 3.94. The Hall–Kier alpha value is -2.77. The number of likely N-dealkylation sites (tertiary alicyclic amines) is 1. The molecule has 4 rings (SSSR count). The van der Waals surface area contributed by atoms with Gasteiger partial charge in [0.25, 0.3) is 5.91 Å². The SMILES string of the molecule is COc1ccc([C@H](CNC(=O)c2sc(-c3ccccn3)nc2C)[NH+]2CCCC2)cc1. The number of carbonyl (C=O) groups is 1. The molecule has 156 valence electrons. The zero-order chi connectivity index (χ0) is 20.9. The van der Waals surface area contributed by atoms with Gasteiger partial charge in [-0.05, 0) is 43.3 Å². The summed E-state index contributed by atoms with van der Waals surface area (Å²) in [5.41, 5.74) is 2.76. The summed E-state index contributed by atoms with van der Waals surface area (Å²) in [6.07, 6.45) is 4.21. The minimum atomic E-state index is -0.0655. The molecule has 0 spiro atoms. The van der Waals surface area contributed by atoms with E-state index in [1.165, 1.54) is 34.6 Å². The second-order valence-corrected chi connectivity index (χ2v) is 8.55. The van der Waals surface area contributed by atoms with E-state index in [-0.39, 0.29) is 11.9 Å². The van der Waals surface area contributed by atoms with Crippen molar-refractivity contribution in [1.82, 2.24) is 15.3 Å². The lowest BCUT2D eigenvalue weighted by Crippen LogP contribution is -3.11. The number of ether oxygens (including phenoxy) is 1. The molecular weight excluding hydrogens is 396 g/mol. The van der Waals surface area contributed by atoms with E-state index in [4.69, 9.17) is 4.74 Å². The highest BCUT2D eigenvalue weighted by molar-refractivity contribution is 7.17. The van der Waals surface area contributed by atoms with Crippen LogP contribution in [0.2, 0.25) is 0 Å². The fourth-order valence-electron chi connectivity index (χ4n) is 3.99. The predicted molar refractivity (Wildman–Crippen MR) is 118 cm³/mol. The molecule has 0 saturated carbocycles. The third-order valence-electron chi connectivity index (χ3n) is 5.61. The van der Waals surface area contributed by atoms with Crippen LogP contribution in [0.15, 0.2) is 48.7 Å². The van der Waals surface area contributed by atoms with Crippen molar-refractivity contribution in [3.8, 4) is 16.5 Å². The lowest BCUT2D eigenvalue weighted by atomic mass is 10.1. The molecule has 6 nitrogen and oxygen atoms in total. The Bertz CT molecular complexity index is 982. The highest BCUT2D eigenvalue weighted by Gasteiger charge is 2.28. The number of nitrogens with zero attached hydrogens (tertiary/aromatic N) is 2. The standard InChI is InChI=1S/C23H26N4O2S/c1-16-21(30-23(26-16)19-7-3-4-12-24-19)22(28)25-15-20(27-13-5-6-14-27)17-8-10-18(29-2)11-9-17/h3-4,7-12,20H,5-6,13-15H2,1-2H3,(H,25,28)/p+1/t20-/m0/s1.